The quantitative estimate of drug-likeness (QED) is 0.219. The van der Waals surface area contributed by atoms with Crippen LogP contribution in [0.2, 0.25) is 0 Å². The van der Waals surface area contributed by atoms with Gasteiger partial charge in [-0.05, 0) is 65.7 Å². The largest absolute Gasteiger partial charge is 0.480 e. The van der Waals surface area contributed by atoms with E-state index in [2.05, 4.69) is 27.3 Å². The lowest BCUT2D eigenvalue weighted by Gasteiger charge is -2.30. The number of hydrogen-bond acceptors (Lipinski definition) is 6. The molecule has 2 rings (SSSR count). The van der Waals surface area contributed by atoms with Gasteiger partial charge in [0.05, 0.1) is 0 Å². The van der Waals surface area contributed by atoms with E-state index in [-0.39, 0.29) is 13.0 Å². The molecule has 0 radical (unpaired) electrons. The molecule has 0 aromatic heterocycles. The van der Waals surface area contributed by atoms with Crippen molar-refractivity contribution in [3.63, 3.8) is 0 Å². The number of nitrogens with one attached hydrogen (secondary N) is 3. The van der Waals surface area contributed by atoms with E-state index in [9.17, 15) is 14.4 Å². The van der Waals surface area contributed by atoms with Gasteiger partial charge >= 0.3 is 18.2 Å². The second kappa shape index (κ2) is 18.0. The maximum Gasteiger partial charge on any atom is 0.408 e. The molecule has 0 aromatic carbocycles. The van der Waals surface area contributed by atoms with Crippen LogP contribution in [0.15, 0.2) is 12.7 Å². The van der Waals surface area contributed by atoms with Crippen LogP contribution < -0.4 is 16.0 Å². The summed E-state index contributed by atoms with van der Waals surface area (Å²) in [5.41, 5.74) is -0.561. The number of ether oxygens (including phenoxy) is 2. The van der Waals surface area contributed by atoms with Crippen LogP contribution in [0.1, 0.15) is 104 Å². The molecule has 4 N–H and O–H groups in total. The molecule has 0 spiro atoms. The number of carbonyl (C=O) groups is 3. The SMILES string of the molecule is C1CCC(NC2CCCCC2)CC1.C=CCOC(=O)NC(CCCCNC(=O)OC(C)(C)C)C(=O)O. The van der Waals surface area contributed by atoms with Gasteiger partial charge in [-0.25, -0.2) is 14.4 Å². The molecule has 0 heterocycles. The molecule has 9 nitrogen and oxygen atoms in total. The number of rotatable bonds is 11. The van der Waals surface area contributed by atoms with Gasteiger partial charge in [0.2, 0.25) is 0 Å². The minimum absolute atomic E-state index is 0.0119. The van der Waals surface area contributed by atoms with E-state index in [1.54, 1.807) is 20.8 Å². The summed E-state index contributed by atoms with van der Waals surface area (Å²) in [6.45, 7) is 9.06. The number of carboxylic acid groups (broad SMARTS) is 1. The molecular formula is C27H49N3O6. The first-order chi connectivity index (χ1) is 17.1. The van der Waals surface area contributed by atoms with Crippen LogP contribution >= 0.6 is 0 Å². The summed E-state index contributed by atoms with van der Waals surface area (Å²) < 4.78 is 9.74. The maximum absolute atomic E-state index is 11.4. The highest BCUT2D eigenvalue weighted by Crippen LogP contribution is 2.22. The van der Waals surface area contributed by atoms with Crippen molar-refractivity contribution in [1.29, 1.82) is 0 Å². The number of carboxylic acids is 1. The van der Waals surface area contributed by atoms with Gasteiger partial charge in [0.1, 0.15) is 18.2 Å². The molecular weight excluding hydrogens is 462 g/mol. The van der Waals surface area contributed by atoms with Crippen LogP contribution in [0.3, 0.4) is 0 Å². The monoisotopic (exact) mass is 511 g/mol. The van der Waals surface area contributed by atoms with Gasteiger partial charge in [-0.1, -0.05) is 51.2 Å². The van der Waals surface area contributed by atoms with Crippen molar-refractivity contribution in [3.8, 4) is 0 Å². The zero-order chi connectivity index (χ0) is 26.8. The van der Waals surface area contributed by atoms with Crippen molar-refractivity contribution >= 4 is 18.2 Å². The molecule has 0 bridgehead atoms. The fraction of sp³-hybridized carbons (Fsp3) is 0.815. The van der Waals surface area contributed by atoms with Gasteiger partial charge in [-0.15, -0.1) is 0 Å². The molecule has 1 unspecified atom stereocenters. The highest BCUT2D eigenvalue weighted by molar-refractivity contribution is 5.79. The first kappa shape index (κ1) is 31.7. The lowest BCUT2D eigenvalue weighted by atomic mass is 9.91. The van der Waals surface area contributed by atoms with Crippen molar-refractivity contribution in [3.05, 3.63) is 12.7 Å². The summed E-state index contributed by atoms with van der Waals surface area (Å²) in [7, 11) is 0. The Kier molecular flexibility index (Phi) is 15.9. The third-order valence-corrected chi connectivity index (χ3v) is 6.19. The summed E-state index contributed by atoms with van der Waals surface area (Å²) in [5.74, 6) is -1.14. The Bertz CT molecular complexity index is 636. The molecule has 1 atom stereocenters. The highest BCUT2D eigenvalue weighted by Gasteiger charge is 2.21. The summed E-state index contributed by atoms with van der Waals surface area (Å²) in [4.78, 5) is 33.8. The molecule has 0 aliphatic heterocycles. The molecule has 9 heteroatoms. The number of amides is 2. The summed E-state index contributed by atoms with van der Waals surface area (Å²) in [6, 6.07) is 0.711. The predicted molar refractivity (Wildman–Crippen MR) is 141 cm³/mol. The van der Waals surface area contributed by atoms with Crippen LogP contribution in [-0.4, -0.2) is 60.1 Å². The van der Waals surface area contributed by atoms with Gasteiger partial charge in [-0.3, -0.25) is 0 Å². The van der Waals surface area contributed by atoms with E-state index in [1.807, 2.05) is 0 Å². The third-order valence-electron chi connectivity index (χ3n) is 6.19. The van der Waals surface area contributed by atoms with E-state index >= 15 is 0 Å². The Balaban J connectivity index is 0.000000414. The van der Waals surface area contributed by atoms with E-state index in [1.165, 1.54) is 70.3 Å². The van der Waals surface area contributed by atoms with Gasteiger partial charge in [0.25, 0.3) is 0 Å². The fourth-order valence-electron chi connectivity index (χ4n) is 4.43. The number of hydrogen-bond donors (Lipinski definition) is 4. The Morgan fingerprint density at radius 2 is 1.50 bits per heavy atom. The van der Waals surface area contributed by atoms with E-state index in [0.29, 0.717) is 19.4 Å². The molecule has 2 aliphatic carbocycles. The average molecular weight is 512 g/mol. The normalized spacial score (nSPS) is 17.6. The number of alkyl carbamates (subject to hydrolysis) is 2. The Morgan fingerprint density at radius 3 is 1.97 bits per heavy atom. The van der Waals surface area contributed by atoms with E-state index < -0.39 is 29.8 Å². The molecule has 2 amide bonds. The van der Waals surface area contributed by atoms with Gasteiger partial charge in [-0.2, -0.15) is 0 Å². The second-order valence-corrected chi connectivity index (χ2v) is 10.7. The molecule has 36 heavy (non-hydrogen) atoms. The van der Waals surface area contributed by atoms with Crippen LogP contribution in [0.5, 0.6) is 0 Å². The van der Waals surface area contributed by atoms with Crippen molar-refractivity contribution in [2.24, 2.45) is 0 Å². The molecule has 208 valence electrons. The molecule has 0 aromatic rings. The number of aliphatic carboxylic acids is 1. The lowest BCUT2D eigenvalue weighted by Crippen LogP contribution is -2.41. The fourth-order valence-corrected chi connectivity index (χ4v) is 4.43. The number of unbranched alkanes of at least 4 members (excludes halogenated alkanes) is 1. The van der Waals surface area contributed by atoms with Crippen LogP contribution in [-0.2, 0) is 14.3 Å². The van der Waals surface area contributed by atoms with Gasteiger partial charge in [0, 0.05) is 18.6 Å². The van der Waals surface area contributed by atoms with Crippen molar-refractivity contribution in [2.45, 2.75) is 128 Å². The van der Waals surface area contributed by atoms with E-state index in [0.717, 1.165) is 12.1 Å². The van der Waals surface area contributed by atoms with Crippen molar-refractivity contribution < 1.29 is 29.0 Å². The zero-order valence-corrected chi connectivity index (χ0v) is 22.6. The zero-order valence-electron chi connectivity index (χ0n) is 22.6. The highest BCUT2D eigenvalue weighted by atomic mass is 16.6. The van der Waals surface area contributed by atoms with Gasteiger partial charge < -0.3 is 30.5 Å². The second-order valence-electron chi connectivity index (χ2n) is 10.7. The Labute approximate surface area is 217 Å². The maximum atomic E-state index is 11.4. The third kappa shape index (κ3) is 16.4. The lowest BCUT2D eigenvalue weighted by molar-refractivity contribution is -0.139. The minimum Gasteiger partial charge on any atom is -0.480 e. The molecule has 2 fully saturated rings. The van der Waals surface area contributed by atoms with Crippen LogP contribution in [0.25, 0.3) is 0 Å². The first-order valence-electron chi connectivity index (χ1n) is 13.6. The Hall–Kier alpha value is -2.29. The Morgan fingerprint density at radius 1 is 0.944 bits per heavy atom. The summed E-state index contributed by atoms with van der Waals surface area (Å²) >= 11 is 0. The average Bonchev–Trinajstić information content (AvgIpc) is 2.82. The topological polar surface area (TPSA) is 126 Å². The molecule has 0 saturated heterocycles. The number of carbonyl (C=O) groups excluding carboxylic acids is 2. The summed E-state index contributed by atoms with van der Waals surface area (Å²) in [5, 5.41) is 17.7. The molecule has 2 aliphatic rings. The van der Waals surface area contributed by atoms with Gasteiger partial charge in [0.15, 0.2) is 0 Å². The first-order valence-corrected chi connectivity index (χ1v) is 13.6. The van der Waals surface area contributed by atoms with Crippen molar-refractivity contribution in [2.75, 3.05) is 13.2 Å². The summed E-state index contributed by atoms with van der Waals surface area (Å²) in [6.07, 6.45) is 15.9. The predicted octanol–water partition coefficient (Wildman–Crippen LogP) is 5.29. The molecule has 2 saturated carbocycles. The van der Waals surface area contributed by atoms with Crippen LogP contribution in [0, 0.1) is 0 Å². The van der Waals surface area contributed by atoms with E-state index in [4.69, 9.17) is 9.84 Å². The van der Waals surface area contributed by atoms with Crippen LogP contribution in [0.4, 0.5) is 9.59 Å². The smallest absolute Gasteiger partial charge is 0.408 e. The minimum atomic E-state index is -1.14. The van der Waals surface area contributed by atoms with Crippen molar-refractivity contribution in [1.82, 2.24) is 16.0 Å². The standard InChI is InChI=1S/C15H26N2O6.C12H23N/c1-5-10-22-14(21)17-11(12(18)19)8-6-7-9-16-13(20)23-15(2,3)4;1-3-7-11(8-4-1)13-12-9-5-2-6-10-12/h5,11H,1,6-10H2,2-4H3,(H,16,20)(H,17,21)(H,18,19);11-13H,1-10H2.